The summed E-state index contributed by atoms with van der Waals surface area (Å²) < 4.78 is 61.3. The van der Waals surface area contributed by atoms with Gasteiger partial charge in [-0.05, 0) is 48.4 Å². The summed E-state index contributed by atoms with van der Waals surface area (Å²) >= 11 is 6.67. The molecule has 3 aromatic rings. The van der Waals surface area contributed by atoms with Gasteiger partial charge in [-0.3, -0.25) is 9.36 Å². The van der Waals surface area contributed by atoms with E-state index in [4.69, 9.17) is 16.3 Å². The van der Waals surface area contributed by atoms with Gasteiger partial charge >= 0.3 is 12.1 Å². The van der Waals surface area contributed by atoms with Crippen molar-refractivity contribution < 1.29 is 27.1 Å². The topological polar surface area (TPSA) is 60.7 Å². The van der Waals surface area contributed by atoms with Gasteiger partial charge < -0.3 is 4.74 Å². The number of thiazole rings is 1. The summed E-state index contributed by atoms with van der Waals surface area (Å²) in [6.45, 7) is 1.29. The zero-order valence-corrected chi connectivity index (χ0v) is 19.0. The highest BCUT2D eigenvalue weighted by Gasteiger charge is 2.45. The van der Waals surface area contributed by atoms with E-state index in [-0.39, 0.29) is 21.5 Å². The lowest BCUT2D eigenvalue weighted by Crippen LogP contribution is -2.41. The first kappa shape index (κ1) is 23.9. The molecule has 4 rings (SSSR count). The highest BCUT2D eigenvalue weighted by molar-refractivity contribution is 7.07. The molecule has 1 aliphatic rings. The van der Waals surface area contributed by atoms with Crippen molar-refractivity contribution in [2.45, 2.75) is 19.1 Å². The van der Waals surface area contributed by atoms with Gasteiger partial charge in [0.15, 0.2) is 10.5 Å². The Hall–Kier alpha value is -3.24. The molecule has 1 aliphatic heterocycles. The zero-order chi connectivity index (χ0) is 24.6. The van der Waals surface area contributed by atoms with Crippen molar-refractivity contribution in [1.82, 2.24) is 4.57 Å². The van der Waals surface area contributed by atoms with Crippen LogP contribution in [0, 0.1) is 5.82 Å². The highest BCUT2D eigenvalue weighted by atomic mass is 35.5. The first-order valence-electron chi connectivity index (χ1n) is 9.91. The van der Waals surface area contributed by atoms with Crippen LogP contribution in [0.3, 0.4) is 0 Å². The Bertz CT molecular complexity index is 1460. The summed E-state index contributed by atoms with van der Waals surface area (Å²) in [7, 11) is 0. The zero-order valence-electron chi connectivity index (χ0n) is 17.4. The molecular formula is C23H15ClF4N2O3S. The number of rotatable bonds is 4. The van der Waals surface area contributed by atoms with Crippen molar-refractivity contribution in [2.75, 3.05) is 6.61 Å². The molecule has 0 radical (unpaired) electrons. The summed E-state index contributed by atoms with van der Waals surface area (Å²) in [5, 5.41) is 0.324. The van der Waals surface area contributed by atoms with Crippen LogP contribution in [0.2, 0.25) is 5.02 Å². The van der Waals surface area contributed by atoms with Crippen molar-refractivity contribution in [1.29, 1.82) is 0 Å². The molecule has 11 heteroatoms. The predicted molar refractivity (Wildman–Crippen MR) is 119 cm³/mol. The Kier molecular flexibility index (Phi) is 6.46. The Morgan fingerprint density at radius 1 is 1.18 bits per heavy atom. The van der Waals surface area contributed by atoms with Gasteiger partial charge in [-0.2, -0.15) is 13.2 Å². The molecule has 34 heavy (non-hydrogen) atoms. The summed E-state index contributed by atoms with van der Waals surface area (Å²) in [5.41, 5.74) is -2.19. The fourth-order valence-corrected chi connectivity index (χ4v) is 4.64. The maximum absolute atomic E-state index is 14.0. The number of carbonyl (C=O) groups excluding carboxylic acids is 1. The number of fused-ring (bicyclic) bond motifs is 1. The van der Waals surface area contributed by atoms with Gasteiger partial charge in [-0.25, -0.2) is 14.2 Å². The van der Waals surface area contributed by atoms with Gasteiger partial charge in [0.1, 0.15) is 5.82 Å². The first-order valence-corrected chi connectivity index (χ1v) is 11.1. The van der Waals surface area contributed by atoms with E-state index < -0.39 is 40.8 Å². The van der Waals surface area contributed by atoms with Crippen LogP contribution in [0.5, 0.6) is 0 Å². The molecule has 0 saturated carbocycles. The quantitative estimate of drug-likeness (QED) is 0.392. The maximum atomic E-state index is 14.0. The molecule has 176 valence electrons. The number of nitrogens with zero attached hydrogens (tertiary/aromatic N) is 2. The minimum Gasteiger partial charge on any atom is -0.463 e. The van der Waals surface area contributed by atoms with E-state index in [1.165, 1.54) is 61.5 Å². The molecule has 0 saturated heterocycles. The number of esters is 1. The number of benzene rings is 2. The van der Waals surface area contributed by atoms with Gasteiger partial charge in [-0.1, -0.05) is 47.2 Å². The minimum absolute atomic E-state index is 0.0657. The van der Waals surface area contributed by atoms with Gasteiger partial charge in [0.25, 0.3) is 5.56 Å². The van der Waals surface area contributed by atoms with E-state index in [0.29, 0.717) is 10.6 Å². The van der Waals surface area contributed by atoms with Crippen molar-refractivity contribution in [3.63, 3.8) is 0 Å². The standard InChI is InChI=1S/C23H15ClF4N2O3S/c1-2-33-21(32)17-18(13-5-7-14(24)8-6-13)30-20(31)16(11-12-3-9-15(25)10-4-12)34-22(30)29-19(17)23(26,27)28/h3-11,18H,2H2,1H3/b16-11-/t18-/m0/s1. The average Bonchev–Trinajstić information content (AvgIpc) is 3.09. The van der Waals surface area contributed by atoms with Crippen LogP contribution >= 0.6 is 22.9 Å². The molecule has 2 aromatic carbocycles. The van der Waals surface area contributed by atoms with Gasteiger partial charge in [-0.15, -0.1) is 0 Å². The fourth-order valence-electron chi connectivity index (χ4n) is 3.51. The molecule has 0 amide bonds. The number of allylic oxidation sites excluding steroid dienone is 1. The molecule has 0 unspecified atom stereocenters. The second-order valence-electron chi connectivity index (χ2n) is 7.17. The molecule has 0 fully saturated rings. The molecule has 0 spiro atoms. The number of carbonyl (C=O) groups is 1. The Morgan fingerprint density at radius 2 is 1.82 bits per heavy atom. The molecule has 0 N–H and O–H groups in total. The number of aromatic nitrogens is 1. The largest absolute Gasteiger partial charge is 0.463 e. The number of halogens is 5. The van der Waals surface area contributed by atoms with Crippen molar-refractivity contribution in [3.05, 3.63) is 101 Å². The number of ether oxygens (including phenoxy) is 1. The van der Waals surface area contributed by atoms with E-state index in [0.717, 1.165) is 15.9 Å². The van der Waals surface area contributed by atoms with Crippen LogP contribution in [0.15, 0.2) is 69.6 Å². The normalized spacial score (nSPS) is 16.3. The van der Waals surface area contributed by atoms with Crippen LogP contribution < -0.4 is 14.9 Å². The van der Waals surface area contributed by atoms with Crippen molar-refractivity contribution >= 4 is 35.0 Å². The third-order valence-corrected chi connectivity index (χ3v) is 6.18. The summed E-state index contributed by atoms with van der Waals surface area (Å²) in [6.07, 6.45) is -3.57. The fraction of sp³-hybridized carbons (Fsp3) is 0.174. The molecule has 0 aliphatic carbocycles. The minimum atomic E-state index is -4.99. The summed E-state index contributed by atoms with van der Waals surface area (Å²) in [4.78, 5) is 29.5. The lowest BCUT2D eigenvalue weighted by Gasteiger charge is -2.26. The average molecular weight is 511 g/mol. The van der Waals surface area contributed by atoms with Gasteiger partial charge in [0, 0.05) is 5.02 Å². The van der Waals surface area contributed by atoms with Gasteiger partial charge in [0.2, 0.25) is 0 Å². The lowest BCUT2D eigenvalue weighted by molar-refractivity contribution is -0.140. The van der Waals surface area contributed by atoms with Crippen LogP contribution in [0.25, 0.3) is 6.08 Å². The van der Waals surface area contributed by atoms with Crippen LogP contribution in [-0.2, 0) is 9.53 Å². The van der Waals surface area contributed by atoms with E-state index in [2.05, 4.69) is 4.99 Å². The summed E-state index contributed by atoms with van der Waals surface area (Å²) in [6, 6.07) is 9.55. The SMILES string of the molecule is CCOC(=O)C1=C(C(F)(F)F)N=c2s/c(=C\c3ccc(F)cc3)c(=O)n2[C@H]1c1ccc(Cl)cc1. The number of hydrogen-bond donors (Lipinski definition) is 0. The number of hydrogen-bond acceptors (Lipinski definition) is 5. The third kappa shape index (κ3) is 4.55. The third-order valence-electron chi connectivity index (χ3n) is 4.95. The Morgan fingerprint density at radius 3 is 2.41 bits per heavy atom. The highest BCUT2D eigenvalue weighted by Crippen LogP contribution is 2.38. The second-order valence-corrected chi connectivity index (χ2v) is 8.61. The number of alkyl halides is 3. The van der Waals surface area contributed by atoms with Crippen LogP contribution in [0.4, 0.5) is 17.6 Å². The van der Waals surface area contributed by atoms with Crippen LogP contribution in [0.1, 0.15) is 24.1 Å². The molecule has 2 heterocycles. The molecule has 0 bridgehead atoms. The molecule has 1 atom stereocenters. The smallest absolute Gasteiger partial charge is 0.434 e. The van der Waals surface area contributed by atoms with E-state index in [1.807, 2.05) is 0 Å². The molecular weight excluding hydrogens is 496 g/mol. The molecule has 5 nitrogen and oxygen atoms in total. The van der Waals surface area contributed by atoms with Gasteiger partial charge in [0.05, 0.1) is 22.8 Å². The maximum Gasteiger partial charge on any atom is 0.434 e. The first-order chi connectivity index (χ1) is 16.1. The van der Waals surface area contributed by atoms with E-state index in [1.54, 1.807) is 0 Å². The Labute approximate surface area is 198 Å². The predicted octanol–water partition coefficient (Wildman–Crippen LogP) is 4.13. The summed E-state index contributed by atoms with van der Waals surface area (Å²) in [5.74, 6) is -1.71. The van der Waals surface area contributed by atoms with Crippen LogP contribution in [-0.4, -0.2) is 23.3 Å². The Balaban J connectivity index is 2.04. The van der Waals surface area contributed by atoms with E-state index >= 15 is 0 Å². The lowest BCUT2D eigenvalue weighted by atomic mass is 9.95. The molecule has 1 aromatic heterocycles. The van der Waals surface area contributed by atoms with E-state index in [9.17, 15) is 27.2 Å². The van der Waals surface area contributed by atoms with Crippen molar-refractivity contribution in [2.24, 2.45) is 4.99 Å². The van der Waals surface area contributed by atoms with Crippen molar-refractivity contribution in [3.8, 4) is 0 Å². The second kappa shape index (κ2) is 9.19. The monoisotopic (exact) mass is 510 g/mol.